The summed E-state index contributed by atoms with van der Waals surface area (Å²) < 4.78 is 1.81. The Morgan fingerprint density at radius 2 is 2.30 bits per heavy atom. The third-order valence-electron chi connectivity index (χ3n) is 4.98. The van der Waals surface area contributed by atoms with Gasteiger partial charge in [0.1, 0.15) is 0 Å². The molecule has 0 spiro atoms. The summed E-state index contributed by atoms with van der Waals surface area (Å²) in [5.41, 5.74) is 7.41. The molecule has 110 valence electrons. The Hall–Kier alpha value is -1.36. The standard InChI is InChI=1S/C15H24N4O/c1-19-9-10(8-18-19)3-2-6-17-15(20)13-11-4-5-12(7-11)14(13)16/h8-9,11-14H,2-7,16H2,1H3,(H,17,20). The molecule has 20 heavy (non-hydrogen) atoms. The first kappa shape index (κ1) is 13.6. The van der Waals surface area contributed by atoms with Crippen LogP contribution in [0.3, 0.4) is 0 Å². The van der Waals surface area contributed by atoms with Gasteiger partial charge in [-0.25, -0.2) is 0 Å². The maximum Gasteiger partial charge on any atom is 0.224 e. The van der Waals surface area contributed by atoms with Crippen molar-refractivity contribution in [2.45, 2.75) is 38.1 Å². The number of aryl methyl sites for hydroxylation is 2. The number of carbonyl (C=O) groups excluding carboxylic acids is 1. The minimum absolute atomic E-state index is 0.0622. The van der Waals surface area contributed by atoms with Crippen molar-refractivity contribution in [2.75, 3.05) is 6.54 Å². The van der Waals surface area contributed by atoms with E-state index < -0.39 is 0 Å². The molecule has 0 radical (unpaired) electrons. The molecule has 1 aromatic rings. The molecule has 2 bridgehead atoms. The first-order valence-corrected chi connectivity index (χ1v) is 7.66. The van der Waals surface area contributed by atoms with Gasteiger partial charge in [0.25, 0.3) is 0 Å². The van der Waals surface area contributed by atoms with E-state index in [4.69, 9.17) is 5.73 Å². The van der Waals surface area contributed by atoms with Crippen LogP contribution in [0.4, 0.5) is 0 Å². The monoisotopic (exact) mass is 276 g/mol. The number of aromatic nitrogens is 2. The van der Waals surface area contributed by atoms with Gasteiger partial charge in [0, 0.05) is 25.8 Å². The number of carbonyl (C=O) groups is 1. The summed E-state index contributed by atoms with van der Waals surface area (Å²) in [7, 11) is 1.92. The average Bonchev–Trinajstić information content (AvgIpc) is 3.10. The SMILES string of the molecule is Cn1cc(CCCNC(=O)C2C3CCC(C3)C2N)cn1. The van der Waals surface area contributed by atoms with E-state index in [1.807, 2.05) is 24.1 Å². The van der Waals surface area contributed by atoms with Gasteiger partial charge in [0.15, 0.2) is 0 Å². The van der Waals surface area contributed by atoms with Crippen LogP contribution >= 0.6 is 0 Å². The molecule has 5 nitrogen and oxygen atoms in total. The Labute approximate surface area is 119 Å². The van der Waals surface area contributed by atoms with Gasteiger partial charge >= 0.3 is 0 Å². The van der Waals surface area contributed by atoms with Gasteiger partial charge in [-0.15, -0.1) is 0 Å². The van der Waals surface area contributed by atoms with Crippen molar-refractivity contribution >= 4 is 5.91 Å². The van der Waals surface area contributed by atoms with Crippen molar-refractivity contribution in [1.29, 1.82) is 0 Å². The molecule has 2 aliphatic carbocycles. The molecular weight excluding hydrogens is 252 g/mol. The fraction of sp³-hybridized carbons (Fsp3) is 0.733. The molecule has 2 aliphatic rings. The van der Waals surface area contributed by atoms with Crippen molar-refractivity contribution in [2.24, 2.45) is 30.5 Å². The first-order chi connectivity index (χ1) is 9.65. The van der Waals surface area contributed by atoms with E-state index in [1.165, 1.54) is 18.4 Å². The van der Waals surface area contributed by atoms with Crippen LogP contribution in [0.5, 0.6) is 0 Å². The highest BCUT2D eigenvalue weighted by Crippen LogP contribution is 2.47. The van der Waals surface area contributed by atoms with Crippen LogP contribution in [-0.4, -0.2) is 28.3 Å². The van der Waals surface area contributed by atoms with E-state index in [0.717, 1.165) is 25.8 Å². The predicted molar refractivity (Wildman–Crippen MR) is 76.8 cm³/mol. The molecular formula is C15H24N4O. The van der Waals surface area contributed by atoms with Crippen LogP contribution in [-0.2, 0) is 18.3 Å². The van der Waals surface area contributed by atoms with E-state index in [1.54, 1.807) is 0 Å². The van der Waals surface area contributed by atoms with Crippen molar-refractivity contribution in [3.05, 3.63) is 18.0 Å². The maximum absolute atomic E-state index is 12.3. The van der Waals surface area contributed by atoms with Crippen LogP contribution < -0.4 is 11.1 Å². The summed E-state index contributed by atoms with van der Waals surface area (Å²) >= 11 is 0. The largest absolute Gasteiger partial charge is 0.356 e. The van der Waals surface area contributed by atoms with Gasteiger partial charge in [0.2, 0.25) is 5.91 Å². The summed E-state index contributed by atoms with van der Waals surface area (Å²) in [6.07, 6.45) is 9.38. The van der Waals surface area contributed by atoms with Gasteiger partial charge < -0.3 is 11.1 Å². The Bertz CT molecular complexity index is 482. The summed E-state index contributed by atoms with van der Waals surface area (Å²) in [5.74, 6) is 1.36. The Morgan fingerprint density at radius 1 is 1.50 bits per heavy atom. The second-order valence-corrected chi connectivity index (χ2v) is 6.35. The molecule has 5 heteroatoms. The van der Waals surface area contributed by atoms with Crippen LogP contribution in [0, 0.1) is 17.8 Å². The van der Waals surface area contributed by atoms with Gasteiger partial charge in [-0.1, -0.05) is 0 Å². The van der Waals surface area contributed by atoms with Crippen molar-refractivity contribution in [3.63, 3.8) is 0 Å². The molecule has 2 saturated carbocycles. The highest BCUT2D eigenvalue weighted by atomic mass is 16.1. The predicted octanol–water partition coefficient (Wildman–Crippen LogP) is 0.842. The molecule has 1 amide bonds. The third-order valence-corrected chi connectivity index (χ3v) is 4.98. The Kier molecular flexibility index (Phi) is 3.78. The fourth-order valence-corrected chi connectivity index (χ4v) is 3.95. The lowest BCUT2D eigenvalue weighted by Crippen LogP contribution is -2.45. The van der Waals surface area contributed by atoms with Crippen molar-refractivity contribution < 1.29 is 4.79 Å². The zero-order valence-electron chi connectivity index (χ0n) is 12.1. The van der Waals surface area contributed by atoms with Crippen LogP contribution in [0.15, 0.2) is 12.4 Å². The summed E-state index contributed by atoms with van der Waals surface area (Å²) in [4.78, 5) is 12.3. The number of nitrogens with one attached hydrogen (secondary N) is 1. The molecule has 1 heterocycles. The van der Waals surface area contributed by atoms with E-state index >= 15 is 0 Å². The second-order valence-electron chi connectivity index (χ2n) is 6.35. The van der Waals surface area contributed by atoms with Gasteiger partial charge in [0.05, 0.1) is 12.1 Å². The van der Waals surface area contributed by atoms with Gasteiger partial charge in [-0.3, -0.25) is 9.48 Å². The van der Waals surface area contributed by atoms with E-state index in [9.17, 15) is 4.79 Å². The number of amides is 1. The maximum atomic E-state index is 12.3. The van der Waals surface area contributed by atoms with Crippen molar-refractivity contribution in [1.82, 2.24) is 15.1 Å². The van der Waals surface area contributed by atoms with Crippen LogP contribution in [0.2, 0.25) is 0 Å². The highest BCUT2D eigenvalue weighted by Gasteiger charge is 2.48. The summed E-state index contributed by atoms with van der Waals surface area (Å²) in [5, 5.41) is 7.21. The molecule has 0 saturated heterocycles. The summed E-state index contributed by atoms with van der Waals surface area (Å²) in [6.45, 7) is 0.730. The molecule has 4 unspecified atom stereocenters. The second kappa shape index (κ2) is 5.56. The zero-order valence-corrected chi connectivity index (χ0v) is 12.1. The molecule has 0 aliphatic heterocycles. The normalized spacial score (nSPS) is 31.7. The lowest BCUT2D eigenvalue weighted by atomic mass is 9.84. The minimum Gasteiger partial charge on any atom is -0.356 e. The molecule has 3 N–H and O–H groups in total. The molecule has 3 rings (SSSR count). The lowest BCUT2D eigenvalue weighted by molar-refractivity contribution is -0.127. The quantitative estimate of drug-likeness (QED) is 0.783. The lowest BCUT2D eigenvalue weighted by Gasteiger charge is -2.27. The van der Waals surface area contributed by atoms with E-state index in [2.05, 4.69) is 10.4 Å². The topological polar surface area (TPSA) is 72.9 Å². The van der Waals surface area contributed by atoms with Crippen molar-refractivity contribution in [3.8, 4) is 0 Å². The van der Waals surface area contributed by atoms with Gasteiger partial charge in [-0.2, -0.15) is 5.10 Å². The molecule has 2 fully saturated rings. The zero-order chi connectivity index (χ0) is 14.1. The highest BCUT2D eigenvalue weighted by molar-refractivity contribution is 5.80. The fourth-order valence-electron chi connectivity index (χ4n) is 3.95. The molecule has 4 atom stereocenters. The van der Waals surface area contributed by atoms with Crippen LogP contribution in [0.25, 0.3) is 0 Å². The average molecular weight is 276 g/mol. The van der Waals surface area contributed by atoms with Crippen LogP contribution in [0.1, 0.15) is 31.2 Å². The number of nitrogens with two attached hydrogens (primary N) is 1. The number of rotatable bonds is 5. The van der Waals surface area contributed by atoms with Gasteiger partial charge in [-0.05, 0) is 49.5 Å². The Balaban J connectivity index is 1.41. The van der Waals surface area contributed by atoms with E-state index in [-0.39, 0.29) is 17.9 Å². The Morgan fingerprint density at radius 3 is 2.95 bits per heavy atom. The smallest absolute Gasteiger partial charge is 0.224 e. The number of hydrogen-bond donors (Lipinski definition) is 2. The number of fused-ring (bicyclic) bond motifs is 2. The number of hydrogen-bond acceptors (Lipinski definition) is 3. The first-order valence-electron chi connectivity index (χ1n) is 7.66. The molecule has 0 aromatic carbocycles. The summed E-state index contributed by atoms with van der Waals surface area (Å²) in [6, 6.07) is 0.0899. The third kappa shape index (κ3) is 2.59. The number of nitrogens with zero attached hydrogens (tertiary/aromatic N) is 2. The minimum atomic E-state index is 0.0622. The van der Waals surface area contributed by atoms with E-state index in [0.29, 0.717) is 11.8 Å². The molecule has 1 aromatic heterocycles.